The number of nitrogens with zero attached hydrogens (tertiary/aromatic N) is 1. The average Bonchev–Trinajstić information content (AvgIpc) is 2.56. The van der Waals surface area contributed by atoms with E-state index in [-0.39, 0.29) is 30.0 Å². The van der Waals surface area contributed by atoms with E-state index in [1.807, 2.05) is 0 Å². The van der Waals surface area contributed by atoms with Gasteiger partial charge in [0.25, 0.3) is 0 Å². The lowest BCUT2D eigenvalue weighted by molar-refractivity contribution is -0.123. The first-order valence-corrected chi connectivity index (χ1v) is 8.06. The summed E-state index contributed by atoms with van der Waals surface area (Å²) in [7, 11) is 3.03. The second kappa shape index (κ2) is 8.63. The second-order valence-corrected chi connectivity index (χ2v) is 5.94. The van der Waals surface area contributed by atoms with Gasteiger partial charge in [-0.05, 0) is 30.5 Å². The van der Waals surface area contributed by atoms with E-state index in [1.54, 1.807) is 13.1 Å². The fraction of sp³-hybridized carbons (Fsp3) is 0.529. The summed E-state index contributed by atoms with van der Waals surface area (Å²) in [5, 5.41) is 5.59. The lowest BCUT2D eigenvalue weighted by Gasteiger charge is -2.31. The van der Waals surface area contributed by atoms with E-state index in [9.17, 15) is 14.0 Å². The SMILES string of the molecule is CNC(=O)CN1CCC(NC(=O)Cc2ccc(OC)c(F)c2)CC1. The van der Waals surface area contributed by atoms with Gasteiger partial charge in [0, 0.05) is 26.2 Å². The Hall–Kier alpha value is -2.15. The molecule has 0 aliphatic carbocycles. The Bertz CT molecular complexity index is 586. The van der Waals surface area contributed by atoms with Gasteiger partial charge in [-0.1, -0.05) is 6.07 Å². The molecule has 0 atom stereocenters. The van der Waals surface area contributed by atoms with Crippen LogP contribution in [0.3, 0.4) is 0 Å². The molecule has 1 fully saturated rings. The molecule has 132 valence electrons. The van der Waals surface area contributed by atoms with Gasteiger partial charge in [-0.25, -0.2) is 4.39 Å². The highest BCUT2D eigenvalue weighted by atomic mass is 19.1. The second-order valence-electron chi connectivity index (χ2n) is 5.94. The number of halogens is 1. The van der Waals surface area contributed by atoms with Crippen molar-refractivity contribution in [3.63, 3.8) is 0 Å². The molecule has 1 saturated heterocycles. The minimum Gasteiger partial charge on any atom is -0.494 e. The molecular weight excluding hydrogens is 313 g/mol. The lowest BCUT2D eigenvalue weighted by atomic mass is 10.0. The number of rotatable bonds is 6. The van der Waals surface area contributed by atoms with Crippen LogP contribution in [0.4, 0.5) is 4.39 Å². The molecule has 0 saturated carbocycles. The van der Waals surface area contributed by atoms with Crippen LogP contribution < -0.4 is 15.4 Å². The van der Waals surface area contributed by atoms with Crippen molar-refractivity contribution in [2.75, 3.05) is 33.8 Å². The predicted molar refractivity (Wildman–Crippen MR) is 88.3 cm³/mol. The molecule has 24 heavy (non-hydrogen) atoms. The largest absolute Gasteiger partial charge is 0.494 e. The standard InChI is InChI=1S/C17H24FN3O3/c1-19-17(23)11-21-7-5-13(6-8-21)20-16(22)10-12-3-4-15(24-2)14(18)9-12/h3-4,9,13H,5-8,10-11H2,1-2H3,(H,19,23)(H,20,22). The number of carbonyl (C=O) groups is 2. The van der Waals surface area contributed by atoms with Crippen LogP contribution in [0.2, 0.25) is 0 Å². The van der Waals surface area contributed by atoms with Crippen molar-refractivity contribution in [2.24, 2.45) is 0 Å². The van der Waals surface area contributed by atoms with E-state index >= 15 is 0 Å². The zero-order valence-corrected chi connectivity index (χ0v) is 14.1. The topological polar surface area (TPSA) is 70.7 Å². The number of nitrogens with one attached hydrogen (secondary N) is 2. The molecule has 7 heteroatoms. The number of piperidine rings is 1. The summed E-state index contributed by atoms with van der Waals surface area (Å²) in [6, 6.07) is 4.63. The molecule has 2 rings (SSSR count). The van der Waals surface area contributed by atoms with Crippen molar-refractivity contribution in [3.05, 3.63) is 29.6 Å². The van der Waals surface area contributed by atoms with Crippen molar-refractivity contribution in [2.45, 2.75) is 25.3 Å². The molecule has 6 nitrogen and oxygen atoms in total. The number of hydrogen-bond donors (Lipinski definition) is 2. The normalized spacial score (nSPS) is 15.8. The lowest BCUT2D eigenvalue weighted by Crippen LogP contribution is -2.47. The summed E-state index contributed by atoms with van der Waals surface area (Å²) >= 11 is 0. The Morgan fingerprint density at radius 1 is 1.29 bits per heavy atom. The Morgan fingerprint density at radius 2 is 2.00 bits per heavy atom. The minimum absolute atomic E-state index is 0.000909. The molecule has 1 aromatic carbocycles. The Balaban J connectivity index is 1.77. The Morgan fingerprint density at radius 3 is 2.58 bits per heavy atom. The van der Waals surface area contributed by atoms with E-state index in [1.165, 1.54) is 19.2 Å². The summed E-state index contributed by atoms with van der Waals surface area (Å²) in [5.74, 6) is -0.420. The number of benzene rings is 1. The molecular formula is C17H24FN3O3. The van der Waals surface area contributed by atoms with Gasteiger partial charge >= 0.3 is 0 Å². The van der Waals surface area contributed by atoms with Gasteiger partial charge in [0.2, 0.25) is 11.8 Å². The fourth-order valence-corrected chi connectivity index (χ4v) is 2.80. The summed E-state index contributed by atoms with van der Waals surface area (Å²) in [4.78, 5) is 25.5. The van der Waals surface area contributed by atoms with Gasteiger partial charge in [-0.3, -0.25) is 14.5 Å². The summed E-state index contributed by atoms with van der Waals surface area (Å²) in [6.45, 7) is 1.94. The van der Waals surface area contributed by atoms with Crippen LogP contribution in [0.5, 0.6) is 5.75 Å². The predicted octanol–water partition coefficient (Wildman–Crippen LogP) is 0.703. The van der Waals surface area contributed by atoms with Gasteiger partial charge in [-0.2, -0.15) is 0 Å². The maximum absolute atomic E-state index is 13.6. The molecule has 2 amide bonds. The highest BCUT2D eigenvalue weighted by Crippen LogP contribution is 2.18. The van der Waals surface area contributed by atoms with Gasteiger partial charge in [0.05, 0.1) is 20.1 Å². The van der Waals surface area contributed by atoms with Crippen LogP contribution >= 0.6 is 0 Å². The zero-order chi connectivity index (χ0) is 17.5. The third-order valence-electron chi connectivity index (χ3n) is 4.18. The first-order valence-electron chi connectivity index (χ1n) is 8.06. The smallest absolute Gasteiger partial charge is 0.233 e. The summed E-state index contributed by atoms with van der Waals surface area (Å²) in [5.41, 5.74) is 0.614. The molecule has 0 spiro atoms. The number of ether oxygens (including phenoxy) is 1. The van der Waals surface area contributed by atoms with E-state index in [2.05, 4.69) is 15.5 Å². The first-order chi connectivity index (χ1) is 11.5. The van der Waals surface area contributed by atoms with Crippen molar-refractivity contribution in [1.82, 2.24) is 15.5 Å². The number of methoxy groups -OCH3 is 1. The van der Waals surface area contributed by atoms with Crippen LogP contribution in [-0.4, -0.2) is 56.5 Å². The van der Waals surface area contributed by atoms with Crippen LogP contribution in [0.25, 0.3) is 0 Å². The van der Waals surface area contributed by atoms with Crippen LogP contribution in [0.1, 0.15) is 18.4 Å². The van der Waals surface area contributed by atoms with E-state index in [0.29, 0.717) is 12.1 Å². The van der Waals surface area contributed by atoms with E-state index < -0.39 is 5.82 Å². The molecule has 1 aliphatic rings. The Kier molecular flexibility index (Phi) is 6.54. The number of hydrogen-bond acceptors (Lipinski definition) is 4. The highest BCUT2D eigenvalue weighted by Gasteiger charge is 2.21. The molecule has 0 unspecified atom stereocenters. The molecule has 1 heterocycles. The zero-order valence-electron chi connectivity index (χ0n) is 14.1. The molecule has 2 N–H and O–H groups in total. The Labute approximate surface area is 141 Å². The number of carbonyl (C=O) groups excluding carboxylic acids is 2. The fourth-order valence-electron chi connectivity index (χ4n) is 2.80. The van der Waals surface area contributed by atoms with Gasteiger partial charge < -0.3 is 15.4 Å². The van der Waals surface area contributed by atoms with Gasteiger partial charge in [-0.15, -0.1) is 0 Å². The average molecular weight is 337 g/mol. The van der Waals surface area contributed by atoms with E-state index in [0.717, 1.165) is 25.9 Å². The maximum Gasteiger partial charge on any atom is 0.233 e. The molecule has 0 aromatic heterocycles. The number of amides is 2. The molecule has 0 radical (unpaired) electrons. The number of likely N-dealkylation sites (tertiary alicyclic amines) is 1. The van der Waals surface area contributed by atoms with Crippen molar-refractivity contribution >= 4 is 11.8 Å². The van der Waals surface area contributed by atoms with Crippen molar-refractivity contribution in [1.29, 1.82) is 0 Å². The molecule has 1 aromatic rings. The monoisotopic (exact) mass is 337 g/mol. The van der Waals surface area contributed by atoms with Crippen LogP contribution in [-0.2, 0) is 16.0 Å². The summed E-state index contributed by atoms with van der Waals surface area (Å²) in [6.07, 6.45) is 1.75. The molecule has 1 aliphatic heterocycles. The third-order valence-corrected chi connectivity index (χ3v) is 4.18. The van der Waals surface area contributed by atoms with E-state index in [4.69, 9.17) is 4.74 Å². The van der Waals surface area contributed by atoms with Crippen molar-refractivity contribution in [3.8, 4) is 5.75 Å². The third kappa shape index (κ3) is 5.19. The molecule has 0 bridgehead atoms. The van der Waals surface area contributed by atoms with Crippen LogP contribution in [0, 0.1) is 5.82 Å². The van der Waals surface area contributed by atoms with Gasteiger partial charge in [0.15, 0.2) is 11.6 Å². The van der Waals surface area contributed by atoms with Gasteiger partial charge in [0.1, 0.15) is 0 Å². The maximum atomic E-state index is 13.6. The first kappa shape index (κ1) is 18.2. The quantitative estimate of drug-likeness (QED) is 0.802. The summed E-state index contributed by atoms with van der Waals surface area (Å²) < 4.78 is 18.5. The minimum atomic E-state index is -0.467. The van der Waals surface area contributed by atoms with Crippen LogP contribution in [0.15, 0.2) is 18.2 Å². The van der Waals surface area contributed by atoms with Crippen molar-refractivity contribution < 1.29 is 18.7 Å². The number of likely N-dealkylation sites (N-methyl/N-ethyl adjacent to an activating group) is 1. The highest BCUT2D eigenvalue weighted by molar-refractivity contribution is 5.79.